The zero-order valence-electron chi connectivity index (χ0n) is 17.5. The van der Waals surface area contributed by atoms with Crippen molar-refractivity contribution in [1.82, 2.24) is 0 Å². The summed E-state index contributed by atoms with van der Waals surface area (Å²) >= 11 is 0. The summed E-state index contributed by atoms with van der Waals surface area (Å²) in [6.07, 6.45) is 1.67. The average Bonchev–Trinajstić information content (AvgIpc) is 2.80. The highest BCUT2D eigenvalue weighted by Crippen LogP contribution is 2.38. The van der Waals surface area contributed by atoms with Crippen molar-refractivity contribution in [2.24, 2.45) is 5.41 Å². The van der Waals surface area contributed by atoms with E-state index >= 15 is 0 Å². The van der Waals surface area contributed by atoms with Gasteiger partial charge >= 0.3 is 6.03 Å². The molecule has 3 rings (SSSR count). The monoisotopic (exact) mass is 409 g/mol. The standard InChI is InChI=1S/C23H27N3O4/c1-5-13-26-19-14-17(9-12-20(19)30-15-23(3,4)21(26)27)25-22(28)24-16-7-10-18(11-8-16)29-6-2/h5,7-12,14H,1,6,13,15H2,2-4H3,(H2,24,25,28). The van der Waals surface area contributed by atoms with Crippen LogP contribution < -0.4 is 25.0 Å². The van der Waals surface area contributed by atoms with Gasteiger partial charge in [-0.3, -0.25) is 4.79 Å². The average molecular weight is 409 g/mol. The molecule has 2 N–H and O–H groups in total. The van der Waals surface area contributed by atoms with E-state index in [-0.39, 0.29) is 12.5 Å². The van der Waals surface area contributed by atoms with Crippen LogP contribution in [0.3, 0.4) is 0 Å². The number of carbonyl (C=O) groups excluding carboxylic acids is 2. The molecule has 7 heteroatoms. The van der Waals surface area contributed by atoms with Crippen molar-refractivity contribution in [3.8, 4) is 11.5 Å². The molecule has 0 bridgehead atoms. The van der Waals surface area contributed by atoms with Gasteiger partial charge in [0.25, 0.3) is 0 Å². The highest BCUT2D eigenvalue weighted by Gasteiger charge is 2.37. The Morgan fingerprint density at radius 1 is 1.20 bits per heavy atom. The minimum absolute atomic E-state index is 0.0582. The Hall–Kier alpha value is -3.48. The van der Waals surface area contributed by atoms with E-state index in [2.05, 4.69) is 17.2 Å². The molecule has 3 amide bonds. The Morgan fingerprint density at radius 3 is 2.53 bits per heavy atom. The molecule has 158 valence electrons. The van der Waals surface area contributed by atoms with Crippen LogP contribution in [0.5, 0.6) is 11.5 Å². The van der Waals surface area contributed by atoms with Crippen LogP contribution >= 0.6 is 0 Å². The van der Waals surface area contributed by atoms with Gasteiger partial charge in [-0.05, 0) is 63.2 Å². The van der Waals surface area contributed by atoms with Crippen molar-refractivity contribution in [2.45, 2.75) is 20.8 Å². The molecule has 0 radical (unpaired) electrons. The van der Waals surface area contributed by atoms with Gasteiger partial charge in [0.05, 0.1) is 17.7 Å². The molecule has 7 nitrogen and oxygen atoms in total. The molecule has 0 saturated carbocycles. The Balaban J connectivity index is 1.76. The van der Waals surface area contributed by atoms with Gasteiger partial charge in [0, 0.05) is 17.9 Å². The number of benzene rings is 2. The molecule has 30 heavy (non-hydrogen) atoms. The molecule has 0 fully saturated rings. The molecule has 0 aliphatic carbocycles. The van der Waals surface area contributed by atoms with E-state index < -0.39 is 11.4 Å². The van der Waals surface area contributed by atoms with Crippen LogP contribution in [0.15, 0.2) is 55.1 Å². The summed E-state index contributed by atoms with van der Waals surface area (Å²) in [5.41, 5.74) is 1.12. The maximum Gasteiger partial charge on any atom is 0.323 e. The van der Waals surface area contributed by atoms with Crippen molar-refractivity contribution in [3.63, 3.8) is 0 Å². The molecule has 0 saturated heterocycles. The predicted octanol–water partition coefficient (Wildman–Crippen LogP) is 4.67. The maximum absolute atomic E-state index is 13.0. The Morgan fingerprint density at radius 2 is 1.87 bits per heavy atom. The molecular weight excluding hydrogens is 382 g/mol. The van der Waals surface area contributed by atoms with E-state index in [1.54, 1.807) is 53.4 Å². The van der Waals surface area contributed by atoms with Crippen LogP contribution in [0.2, 0.25) is 0 Å². The third-order valence-corrected chi connectivity index (χ3v) is 4.66. The van der Waals surface area contributed by atoms with Gasteiger partial charge in [-0.2, -0.15) is 0 Å². The lowest BCUT2D eigenvalue weighted by atomic mass is 9.93. The first kappa shape index (κ1) is 21.2. The van der Waals surface area contributed by atoms with E-state index in [1.165, 1.54) is 0 Å². The summed E-state index contributed by atoms with van der Waals surface area (Å²) in [6.45, 7) is 10.6. The van der Waals surface area contributed by atoms with Gasteiger partial charge in [-0.1, -0.05) is 6.08 Å². The summed E-state index contributed by atoms with van der Waals surface area (Å²) in [5.74, 6) is 1.27. The Kier molecular flexibility index (Phi) is 6.30. The number of urea groups is 1. The molecule has 0 unspecified atom stereocenters. The highest BCUT2D eigenvalue weighted by molar-refractivity contribution is 6.02. The van der Waals surface area contributed by atoms with E-state index in [9.17, 15) is 9.59 Å². The number of nitrogens with zero attached hydrogens (tertiary/aromatic N) is 1. The Bertz CT molecular complexity index is 938. The van der Waals surface area contributed by atoms with Crippen LogP contribution in [0, 0.1) is 5.41 Å². The lowest BCUT2D eigenvalue weighted by molar-refractivity contribution is -0.127. The quantitative estimate of drug-likeness (QED) is 0.680. The van der Waals surface area contributed by atoms with Crippen molar-refractivity contribution < 1.29 is 19.1 Å². The minimum atomic E-state index is -0.666. The van der Waals surface area contributed by atoms with Gasteiger partial charge in [-0.15, -0.1) is 6.58 Å². The first-order valence-corrected chi connectivity index (χ1v) is 9.84. The summed E-state index contributed by atoms with van der Waals surface area (Å²) in [7, 11) is 0. The fraction of sp³-hybridized carbons (Fsp3) is 0.304. The molecule has 1 aliphatic rings. The van der Waals surface area contributed by atoms with Crippen LogP contribution in [-0.2, 0) is 4.79 Å². The second-order valence-corrected chi connectivity index (χ2v) is 7.60. The van der Waals surface area contributed by atoms with Crippen molar-refractivity contribution in [3.05, 3.63) is 55.1 Å². The van der Waals surface area contributed by atoms with E-state index in [0.29, 0.717) is 36.0 Å². The molecule has 2 aromatic rings. The van der Waals surface area contributed by atoms with Gasteiger partial charge in [-0.25, -0.2) is 4.79 Å². The topological polar surface area (TPSA) is 79.9 Å². The van der Waals surface area contributed by atoms with Crippen LogP contribution in [0.4, 0.5) is 21.9 Å². The van der Waals surface area contributed by atoms with E-state index in [4.69, 9.17) is 9.47 Å². The molecule has 2 aromatic carbocycles. The van der Waals surface area contributed by atoms with E-state index in [0.717, 1.165) is 5.75 Å². The molecule has 0 spiro atoms. The van der Waals surface area contributed by atoms with E-state index in [1.807, 2.05) is 20.8 Å². The third kappa shape index (κ3) is 4.74. The van der Waals surface area contributed by atoms with Crippen molar-refractivity contribution in [1.29, 1.82) is 0 Å². The highest BCUT2D eigenvalue weighted by atomic mass is 16.5. The summed E-state index contributed by atoms with van der Waals surface area (Å²) in [6, 6.07) is 12.0. The third-order valence-electron chi connectivity index (χ3n) is 4.66. The largest absolute Gasteiger partial charge is 0.494 e. The molecule has 1 aliphatic heterocycles. The predicted molar refractivity (Wildman–Crippen MR) is 119 cm³/mol. The summed E-state index contributed by atoms with van der Waals surface area (Å²) < 4.78 is 11.3. The number of amides is 3. The first-order chi connectivity index (χ1) is 14.3. The maximum atomic E-state index is 13.0. The normalized spacial score (nSPS) is 14.8. The number of rotatable bonds is 6. The van der Waals surface area contributed by atoms with Gasteiger partial charge in [0.15, 0.2) is 0 Å². The lowest BCUT2D eigenvalue weighted by Crippen LogP contribution is -2.42. The minimum Gasteiger partial charge on any atom is -0.494 e. The first-order valence-electron chi connectivity index (χ1n) is 9.84. The zero-order chi connectivity index (χ0) is 21.7. The van der Waals surface area contributed by atoms with Gasteiger partial charge in [0.2, 0.25) is 5.91 Å². The number of hydrogen-bond acceptors (Lipinski definition) is 4. The fourth-order valence-corrected chi connectivity index (χ4v) is 3.13. The van der Waals surface area contributed by atoms with Crippen molar-refractivity contribution in [2.75, 3.05) is 35.3 Å². The zero-order valence-corrected chi connectivity index (χ0v) is 17.5. The second-order valence-electron chi connectivity index (χ2n) is 7.60. The molecule has 0 atom stereocenters. The number of nitrogens with one attached hydrogen (secondary N) is 2. The van der Waals surface area contributed by atoms with Crippen molar-refractivity contribution >= 4 is 29.0 Å². The van der Waals surface area contributed by atoms with Gasteiger partial charge < -0.3 is 25.0 Å². The summed E-state index contributed by atoms with van der Waals surface area (Å²) in [4.78, 5) is 27.0. The number of ether oxygens (including phenoxy) is 2. The van der Waals surface area contributed by atoms with Crippen LogP contribution in [-0.4, -0.2) is 31.7 Å². The number of anilines is 3. The molecule has 0 aromatic heterocycles. The van der Waals surface area contributed by atoms with Crippen LogP contribution in [0.25, 0.3) is 0 Å². The SMILES string of the molecule is C=CCN1C(=O)C(C)(C)COc2ccc(NC(=O)Nc3ccc(OCC)cc3)cc21. The number of carbonyl (C=O) groups is 2. The van der Waals surface area contributed by atoms with Crippen LogP contribution in [0.1, 0.15) is 20.8 Å². The number of fused-ring (bicyclic) bond motifs is 1. The lowest BCUT2D eigenvalue weighted by Gasteiger charge is -2.27. The van der Waals surface area contributed by atoms with Gasteiger partial charge in [0.1, 0.15) is 18.1 Å². The summed E-state index contributed by atoms with van der Waals surface area (Å²) in [5, 5.41) is 5.58. The second kappa shape index (κ2) is 8.90. The fourth-order valence-electron chi connectivity index (χ4n) is 3.13. The number of hydrogen-bond donors (Lipinski definition) is 2. The Labute approximate surface area is 176 Å². The molecular formula is C23H27N3O4. The smallest absolute Gasteiger partial charge is 0.323 e. The molecule has 1 heterocycles.